The highest BCUT2D eigenvalue weighted by molar-refractivity contribution is 8.26. The first-order valence-corrected chi connectivity index (χ1v) is 13.1. The van der Waals surface area contributed by atoms with Crippen LogP contribution in [0.4, 0.5) is 5.82 Å². The molecule has 6 nitrogen and oxygen atoms in total. The van der Waals surface area contributed by atoms with Crippen LogP contribution in [0.1, 0.15) is 57.1 Å². The van der Waals surface area contributed by atoms with Crippen LogP contribution in [0.15, 0.2) is 28.0 Å². The summed E-state index contributed by atoms with van der Waals surface area (Å²) in [6, 6.07) is 4.05. The van der Waals surface area contributed by atoms with Crippen LogP contribution in [0.5, 0.6) is 0 Å². The first-order valence-electron chi connectivity index (χ1n) is 11.9. The number of aryl methyl sites for hydroxylation is 1. The molecule has 0 bridgehead atoms. The summed E-state index contributed by atoms with van der Waals surface area (Å²) < 4.78 is 2.20. The van der Waals surface area contributed by atoms with Crippen molar-refractivity contribution in [2.75, 3.05) is 18.0 Å². The van der Waals surface area contributed by atoms with Gasteiger partial charge in [0, 0.05) is 25.3 Å². The number of carbonyl (C=O) groups excluding carboxylic acids is 1. The van der Waals surface area contributed by atoms with Gasteiger partial charge in [0.15, 0.2) is 0 Å². The highest BCUT2D eigenvalue weighted by Gasteiger charge is 2.38. The second-order valence-corrected chi connectivity index (χ2v) is 11.6. The topological polar surface area (TPSA) is 57.9 Å². The van der Waals surface area contributed by atoms with Gasteiger partial charge in [-0.15, -0.1) is 0 Å². The van der Waals surface area contributed by atoms with Gasteiger partial charge < -0.3 is 4.90 Å². The number of fused-ring (bicyclic) bond motifs is 1. The second kappa shape index (κ2) is 8.87. The van der Waals surface area contributed by atoms with Crippen molar-refractivity contribution < 1.29 is 4.79 Å². The average molecular weight is 483 g/mol. The van der Waals surface area contributed by atoms with Gasteiger partial charge in [0.05, 0.1) is 10.5 Å². The summed E-state index contributed by atoms with van der Waals surface area (Å²) in [5, 5.41) is 0. The van der Waals surface area contributed by atoms with Gasteiger partial charge in [-0.1, -0.05) is 56.7 Å². The van der Waals surface area contributed by atoms with Gasteiger partial charge in [0.25, 0.3) is 11.5 Å². The monoisotopic (exact) mass is 482 g/mol. The van der Waals surface area contributed by atoms with E-state index in [0.717, 1.165) is 50.8 Å². The van der Waals surface area contributed by atoms with Crippen LogP contribution >= 0.6 is 24.0 Å². The van der Waals surface area contributed by atoms with Crippen LogP contribution in [-0.4, -0.2) is 43.6 Å². The smallest absolute Gasteiger partial charge is 0.267 e. The molecule has 1 saturated carbocycles. The Morgan fingerprint density at radius 1 is 1.12 bits per heavy atom. The zero-order valence-electron chi connectivity index (χ0n) is 19.4. The van der Waals surface area contributed by atoms with Crippen molar-refractivity contribution in [3.8, 4) is 0 Å². The van der Waals surface area contributed by atoms with E-state index in [2.05, 4.69) is 18.7 Å². The summed E-state index contributed by atoms with van der Waals surface area (Å²) >= 11 is 6.89. The van der Waals surface area contributed by atoms with Crippen LogP contribution in [0, 0.1) is 18.8 Å². The van der Waals surface area contributed by atoms with Crippen LogP contribution in [0.3, 0.4) is 0 Å². The van der Waals surface area contributed by atoms with E-state index < -0.39 is 0 Å². The fourth-order valence-electron chi connectivity index (χ4n) is 5.54. The number of thiocarbonyl (C=S) groups is 1. The Hall–Kier alpha value is -2.19. The second-order valence-electron chi connectivity index (χ2n) is 9.93. The third-order valence-corrected chi connectivity index (χ3v) is 8.27. The van der Waals surface area contributed by atoms with Crippen molar-refractivity contribution in [1.29, 1.82) is 0 Å². The van der Waals surface area contributed by atoms with Crippen LogP contribution < -0.4 is 10.5 Å². The standard InChI is InChI=1S/C25H30N4O2S2/c1-15-8-9-21-26-22(27-12-16(2)10-17(3)13-27)19(23(30)28(21)14-15)11-20-24(31)29(25(32)33-20)18-6-4-5-7-18/h8-9,11,14,16-18H,4-7,10,12-13H2,1-3H3/b20-11+/t16-,17-/m1/s1. The summed E-state index contributed by atoms with van der Waals surface area (Å²) in [5.74, 6) is 1.63. The van der Waals surface area contributed by atoms with Crippen LogP contribution in [0.25, 0.3) is 11.7 Å². The number of rotatable bonds is 3. The quantitative estimate of drug-likeness (QED) is 0.470. The number of piperidine rings is 1. The molecule has 0 spiro atoms. The molecule has 0 unspecified atom stereocenters. The van der Waals surface area contributed by atoms with Crippen molar-refractivity contribution in [2.45, 2.75) is 58.9 Å². The number of nitrogens with zero attached hydrogens (tertiary/aromatic N) is 4. The minimum Gasteiger partial charge on any atom is -0.355 e. The molecular formula is C25H30N4O2S2. The molecule has 1 amide bonds. The largest absolute Gasteiger partial charge is 0.355 e. The SMILES string of the molecule is Cc1ccc2nc(N3C[C@H](C)C[C@@H](C)C3)c(/C=C3/SC(=S)N(C4CCCC4)C3=O)c(=O)n2c1. The molecule has 174 valence electrons. The molecule has 2 atom stereocenters. The lowest BCUT2D eigenvalue weighted by Crippen LogP contribution is -2.40. The fourth-order valence-corrected chi connectivity index (χ4v) is 6.92. The number of aromatic nitrogens is 2. The molecule has 33 heavy (non-hydrogen) atoms. The van der Waals surface area contributed by atoms with E-state index in [4.69, 9.17) is 17.2 Å². The molecular weight excluding hydrogens is 452 g/mol. The van der Waals surface area contributed by atoms with Crippen LogP contribution in [0.2, 0.25) is 0 Å². The predicted molar refractivity (Wildman–Crippen MR) is 139 cm³/mol. The lowest BCUT2D eigenvalue weighted by atomic mass is 9.91. The molecule has 0 radical (unpaired) electrons. The minimum absolute atomic E-state index is 0.0723. The number of amides is 1. The number of pyridine rings is 1. The summed E-state index contributed by atoms with van der Waals surface area (Å²) in [6.07, 6.45) is 8.98. The number of anilines is 1. The maximum atomic E-state index is 13.7. The molecule has 1 aliphatic carbocycles. The van der Waals surface area contributed by atoms with Gasteiger partial charge >= 0.3 is 0 Å². The molecule has 2 aliphatic heterocycles. The molecule has 8 heteroatoms. The van der Waals surface area contributed by atoms with Crippen molar-refractivity contribution in [3.63, 3.8) is 0 Å². The Labute approximate surface area is 204 Å². The van der Waals surface area contributed by atoms with Gasteiger partial charge in [-0.05, 0) is 55.7 Å². The Balaban J connectivity index is 1.63. The first kappa shape index (κ1) is 22.6. The first-order chi connectivity index (χ1) is 15.8. The summed E-state index contributed by atoms with van der Waals surface area (Å²) in [5.41, 5.74) is 1.95. The van der Waals surface area contributed by atoms with E-state index in [1.165, 1.54) is 11.8 Å². The minimum atomic E-state index is -0.143. The summed E-state index contributed by atoms with van der Waals surface area (Å²) in [6.45, 7) is 8.14. The van der Waals surface area contributed by atoms with Gasteiger partial charge in [-0.3, -0.25) is 18.9 Å². The summed E-state index contributed by atoms with van der Waals surface area (Å²) in [4.78, 5) is 36.5. The molecule has 0 aromatic carbocycles. The lowest BCUT2D eigenvalue weighted by Gasteiger charge is -2.36. The Morgan fingerprint density at radius 3 is 2.52 bits per heavy atom. The predicted octanol–water partition coefficient (Wildman–Crippen LogP) is 4.63. The van der Waals surface area contributed by atoms with Crippen molar-refractivity contribution in [1.82, 2.24) is 14.3 Å². The van der Waals surface area contributed by atoms with Crippen molar-refractivity contribution in [2.24, 2.45) is 11.8 Å². The molecule has 2 aromatic heterocycles. The number of hydrogen-bond acceptors (Lipinski definition) is 6. The Kier molecular flexibility index (Phi) is 6.07. The fraction of sp³-hybridized carbons (Fsp3) is 0.520. The maximum Gasteiger partial charge on any atom is 0.267 e. The van der Waals surface area contributed by atoms with Crippen molar-refractivity contribution >= 4 is 51.7 Å². The molecule has 3 fully saturated rings. The van der Waals surface area contributed by atoms with E-state index in [1.54, 1.807) is 15.4 Å². The molecule has 2 aromatic rings. The van der Waals surface area contributed by atoms with Gasteiger partial charge in [0.2, 0.25) is 0 Å². The van der Waals surface area contributed by atoms with E-state index in [0.29, 0.717) is 38.1 Å². The number of hydrogen-bond donors (Lipinski definition) is 0. The zero-order chi connectivity index (χ0) is 23.3. The van der Waals surface area contributed by atoms with Gasteiger partial charge in [-0.25, -0.2) is 4.98 Å². The average Bonchev–Trinajstić information content (AvgIpc) is 3.37. The highest BCUT2D eigenvalue weighted by atomic mass is 32.2. The third kappa shape index (κ3) is 4.23. The van der Waals surface area contributed by atoms with E-state index >= 15 is 0 Å². The molecule has 5 rings (SSSR count). The highest BCUT2D eigenvalue weighted by Crippen LogP contribution is 2.38. The zero-order valence-corrected chi connectivity index (χ0v) is 21.0. The molecule has 0 N–H and O–H groups in total. The van der Waals surface area contributed by atoms with Gasteiger partial charge in [0.1, 0.15) is 15.8 Å². The molecule has 4 heterocycles. The maximum absolute atomic E-state index is 13.7. The van der Waals surface area contributed by atoms with Crippen LogP contribution in [-0.2, 0) is 4.79 Å². The Morgan fingerprint density at radius 2 is 1.82 bits per heavy atom. The van der Waals surface area contributed by atoms with E-state index in [9.17, 15) is 9.59 Å². The van der Waals surface area contributed by atoms with Gasteiger partial charge in [-0.2, -0.15) is 0 Å². The number of carbonyl (C=O) groups is 1. The normalized spacial score (nSPS) is 25.7. The molecule has 3 aliphatic rings. The van der Waals surface area contributed by atoms with E-state index in [-0.39, 0.29) is 17.5 Å². The molecule has 2 saturated heterocycles. The van der Waals surface area contributed by atoms with Crippen molar-refractivity contribution in [3.05, 3.63) is 44.7 Å². The Bertz CT molecular complexity index is 1200. The number of thioether (sulfide) groups is 1. The lowest BCUT2D eigenvalue weighted by molar-refractivity contribution is -0.123. The third-order valence-electron chi connectivity index (χ3n) is 6.94. The van der Waals surface area contributed by atoms with E-state index in [1.807, 2.05) is 25.3 Å². The summed E-state index contributed by atoms with van der Waals surface area (Å²) in [7, 11) is 0.